The largest absolute Gasteiger partial charge is 0.352 e. The van der Waals surface area contributed by atoms with Gasteiger partial charge in [0.25, 0.3) is 5.56 Å². The van der Waals surface area contributed by atoms with Crippen molar-refractivity contribution in [3.8, 4) is 11.1 Å². The van der Waals surface area contributed by atoms with Crippen LogP contribution in [0.4, 0.5) is 10.3 Å². The average Bonchev–Trinajstić information content (AvgIpc) is 3.28. The minimum absolute atomic E-state index is 0.0526. The number of anilines is 1. The van der Waals surface area contributed by atoms with Crippen molar-refractivity contribution in [3.63, 3.8) is 0 Å². The molecule has 0 aliphatic carbocycles. The van der Waals surface area contributed by atoms with Crippen LogP contribution in [0.15, 0.2) is 58.7 Å². The standard InChI is InChI=1S/C26H25FN4O2S/c1-16-6-8-17(9-7-16)14-28-24(32)18-10-12-31(13-11-18)26-29-22-20(15-34-23(22)25(33)30-26)19-4-2-3-5-21(19)27/h2-9,15,18H,10-14H2,1H3,(H,28,32)(H,29,30,33). The van der Waals surface area contributed by atoms with Crippen LogP contribution in [0.3, 0.4) is 0 Å². The first-order chi connectivity index (χ1) is 16.5. The first-order valence-electron chi connectivity index (χ1n) is 11.3. The summed E-state index contributed by atoms with van der Waals surface area (Å²) in [6.45, 7) is 3.77. The number of hydrogen-bond donors (Lipinski definition) is 2. The zero-order valence-corrected chi connectivity index (χ0v) is 19.6. The summed E-state index contributed by atoms with van der Waals surface area (Å²) >= 11 is 1.26. The number of thiophene rings is 1. The first-order valence-corrected chi connectivity index (χ1v) is 12.2. The van der Waals surface area contributed by atoms with Crippen LogP contribution < -0.4 is 15.8 Å². The van der Waals surface area contributed by atoms with Crippen LogP contribution in [-0.2, 0) is 11.3 Å². The van der Waals surface area contributed by atoms with E-state index in [0.29, 0.717) is 59.8 Å². The quantitative estimate of drug-likeness (QED) is 0.440. The molecule has 0 spiro atoms. The topological polar surface area (TPSA) is 78.1 Å². The maximum Gasteiger partial charge on any atom is 0.270 e. The second-order valence-corrected chi connectivity index (χ2v) is 9.54. The summed E-state index contributed by atoms with van der Waals surface area (Å²) in [4.78, 5) is 35.0. The Morgan fingerprint density at radius 1 is 1.15 bits per heavy atom. The van der Waals surface area contributed by atoms with Crippen molar-refractivity contribution < 1.29 is 9.18 Å². The Hall–Kier alpha value is -3.52. The number of aromatic amines is 1. The van der Waals surface area contributed by atoms with Gasteiger partial charge in [-0.2, -0.15) is 0 Å². The van der Waals surface area contributed by atoms with E-state index in [1.54, 1.807) is 23.6 Å². The summed E-state index contributed by atoms with van der Waals surface area (Å²) in [5.74, 6) is 0.0966. The molecule has 1 amide bonds. The molecule has 1 aliphatic heterocycles. The van der Waals surface area contributed by atoms with Crippen molar-refractivity contribution in [3.05, 3.63) is 81.2 Å². The Kier molecular flexibility index (Phi) is 6.15. The number of halogens is 1. The number of H-pyrrole nitrogens is 1. The molecule has 34 heavy (non-hydrogen) atoms. The van der Waals surface area contributed by atoms with Crippen LogP contribution in [0.25, 0.3) is 21.3 Å². The number of aromatic nitrogens is 2. The highest BCUT2D eigenvalue weighted by Gasteiger charge is 2.26. The molecule has 2 aromatic heterocycles. The monoisotopic (exact) mass is 476 g/mol. The fourth-order valence-electron chi connectivity index (χ4n) is 4.33. The third kappa shape index (κ3) is 4.46. The molecule has 1 aliphatic rings. The van der Waals surface area contributed by atoms with Crippen LogP contribution in [0.1, 0.15) is 24.0 Å². The summed E-state index contributed by atoms with van der Waals surface area (Å²) in [5, 5.41) is 4.82. The molecule has 0 atom stereocenters. The third-order valence-electron chi connectivity index (χ3n) is 6.33. The summed E-state index contributed by atoms with van der Waals surface area (Å²) in [5.41, 5.74) is 3.60. The number of nitrogens with one attached hydrogen (secondary N) is 2. The predicted molar refractivity (Wildman–Crippen MR) is 134 cm³/mol. The highest BCUT2D eigenvalue weighted by Crippen LogP contribution is 2.33. The maximum absolute atomic E-state index is 14.4. The van der Waals surface area contributed by atoms with Gasteiger partial charge in [0, 0.05) is 42.1 Å². The van der Waals surface area contributed by atoms with E-state index in [-0.39, 0.29) is 23.2 Å². The number of benzene rings is 2. The zero-order chi connectivity index (χ0) is 23.7. The lowest BCUT2D eigenvalue weighted by Gasteiger charge is -2.31. The molecule has 6 nitrogen and oxygen atoms in total. The highest BCUT2D eigenvalue weighted by atomic mass is 32.1. The molecule has 3 heterocycles. The summed E-state index contributed by atoms with van der Waals surface area (Å²) in [6.07, 6.45) is 1.34. The van der Waals surface area contributed by atoms with Crippen molar-refractivity contribution in [2.75, 3.05) is 18.0 Å². The third-order valence-corrected chi connectivity index (χ3v) is 7.30. The molecule has 2 N–H and O–H groups in total. The van der Waals surface area contributed by atoms with E-state index in [9.17, 15) is 14.0 Å². The molecule has 1 fully saturated rings. The SMILES string of the molecule is Cc1ccc(CNC(=O)C2CCN(c3nc4c(-c5ccccc5F)csc4c(=O)[nH]3)CC2)cc1. The van der Waals surface area contributed by atoms with E-state index in [1.807, 2.05) is 36.1 Å². The van der Waals surface area contributed by atoms with E-state index >= 15 is 0 Å². The van der Waals surface area contributed by atoms with Gasteiger partial charge in [-0.3, -0.25) is 14.6 Å². The predicted octanol–water partition coefficient (Wildman–Crippen LogP) is 4.63. The van der Waals surface area contributed by atoms with Gasteiger partial charge in [-0.25, -0.2) is 9.37 Å². The number of nitrogens with zero attached hydrogens (tertiary/aromatic N) is 2. The molecule has 8 heteroatoms. The Labute approximate surface area is 200 Å². The summed E-state index contributed by atoms with van der Waals surface area (Å²) < 4.78 is 14.9. The lowest BCUT2D eigenvalue weighted by molar-refractivity contribution is -0.125. The van der Waals surface area contributed by atoms with Gasteiger partial charge in [-0.1, -0.05) is 48.0 Å². The van der Waals surface area contributed by atoms with Crippen molar-refractivity contribution in [1.29, 1.82) is 0 Å². The Balaban J connectivity index is 1.28. The smallest absolute Gasteiger partial charge is 0.270 e. The van der Waals surface area contributed by atoms with E-state index < -0.39 is 0 Å². The molecule has 0 radical (unpaired) electrons. The van der Waals surface area contributed by atoms with Crippen molar-refractivity contribution in [2.24, 2.45) is 5.92 Å². The minimum Gasteiger partial charge on any atom is -0.352 e. The molecule has 0 saturated carbocycles. The van der Waals surface area contributed by atoms with Gasteiger partial charge in [-0.05, 0) is 31.4 Å². The molecule has 0 unspecified atom stereocenters. The van der Waals surface area contributed by atoms with Crippen molar-refractivity contribution in [2.45, 2.75) is 26.3 Å². The molecule has 5 rings (SSSR count). The van der Waals surface area contributed by atoms with Gasteiger partial charge in [0.1, 0.15) is 10.5 Å². The van der Waals surface area contributed by atoms with Crippen molar-refractivity contribution >= 4 is 33.4 Å². The van der Waals surface area contributed by atoms with Gasteiger partial charge in [-0.15, -0.1) is 11.3 Å². The number of aryl methyl sites for hydroxylation is 1. The lowest BCUT2D eigenvalue weighted by Crippen LogP contribution is -2.41. The lowest BCUT2D eigenvalue weighted by atomic mass is 9.96. The molecule has 0 bridgehead atoms. The van der Waals surface area contributed by atoms with Crippen LogP contribution in [0.5, 0.6) is 0 Å². The van der Waals surface area contributed by atoms with Gasteiger partial charge < -0.3 is 10.2 Å². The number of carbonyl (C=O) groups excluding carboxylic acids is 1. The van der Waals surface area contributed by atoms with E-state index in [1.165, 1.54) is 23.0 Å². The zero-order valence-electron chi connectivity index (χ0n) is 18.8. The number of carbonyl (C=O) groups is 1. The van der Waals surface area contributed by atoms with Gasteiger partial charge in [0.2, 0.25) is 11.9 Å². The Morgan fingerprint density at radius 2 is 1.88 bits per heavy atom. The Morgan fingerprint density at radius 3 is 2.62 bits per heavy atom. The van der Waals surface area contributed by atoms with Crippen LogP contribution in [0.2, 0.25) is 0 Å². The molecule has 174 valence electrons. The number of hydrogen-bond acceptors (Lipinski definition) is 5. The second-order valence-electron chi connectivity index (χ2n) is 8.66. The van der Waals surface area contributed by atoms with Crippen LogP contribution in [-0.4, -0.2) is 29.0 Å². The number of piperidine rings is 1. The number of fused-ring (bicyclic) bond motifs is 1. The highest BCUT2D eigenvalue weighted by molar-refractivity contribution is 7.17. The van der Waals surface area contributed by atoms with E-state index in [4.69, 9.17) is 4.98 Å². The number of amides is 1. The van der Waals surface area contributed by atoms with E-state index in [0.717, 1.165) is 5.56 Å². The van der Waals surface area contributed by atoms with Gasteiger partial charge in [0.15, 0.2) is 0 Å². The molecular formula is C26H25FN4O2S. The maximum atomic E-state index is 14.4. The van der Waals surface area contributed by atoms with Gasteiger partial charge in [0.05, 0.1) is 5.52 Å². The average molecular weight is 477 g/mol. The molecule has 1 saturated heterocycles. The van der Waals surface area contributed by atoms with E-state index in [2.05, 4.69) is 10.3 Å². The second kappa shape index (κ2) is 9.38. The van der Waals surface area contributed by atoms with Crippen LogP contribution in [0, 0.1) is 18.7 Å². The fourth-order valence-corrected chi connectivity index (χ4v) is 5.23. The molecule has 4 aromatic rings. The summed E-state index contributed by atoms with van der Waals surface area (Å²) in [7, 11) is 0. The molecular weight excluding hydrogens is 451 g/mol. The fraction of sp³-hybridized carbons (Fsp3) is 0.269. The summed E-state index contributed by atoms with van der Waals surface area (Å²) in [6, 6.07) is 14.6. The number of rotatable bonds is 5. The first kappa shape index (κ1) is 22.3. The van der Waals surface area contributed by atoms with Crippen molar-refractivity contribution in [1.82, 2.24) is 15.3 Å². The van der Waals surface area contributed by atoms with Gasteiger partial charge >= 0.3 is 0 Å². The minimum atomic E-state index is -0.344. The molecule has 2 aromatic carbocycles. The normalized spacial score (nSPS) is 14.5. The van der Waals surface area contributed by atoms with Crippen LogP contribution >= 0.6 is 11.3 Å². The Bertz CT molecular complexity index is 1390.